The van der Waals surface area contributed by atoms with E-state index in [1.165, 1.54) is 37.9 Å². The van der Waals surface area contributed by atoms with Crippen molar-refractivity contribution in [3.8, 4) is 0 Å². The number of aromatic nitrogens is 2. The van der Waals surface area contributed by atoms with Crippen molar-refractivity contribution < 1.29 is 4.79 Å². The third-order valence-corrected chi connectivity index (χ3v) is 4.49. The molecular weight excluding hydrogens is 300 g/mol. The van der Waals surface area contributed by atoms with Crippen LogP contribution in [0.15, 0.2) is 30.3 Å². The number of anilines is 1. The molecule has 0 atom stereocenters. The molecule has 5 heteroatoms. The fraction of sp³-hybridized carbons (Fsp3) is 0.474. The molecule has 1 saturated heterocycles. The first kappa shape index (κ1) is 16.7. The molecule has 0 saturated carbocycles. The van der Waals surface area contributed by atoms with Crippen molar-refractivity contribution in [2.45, 2.75) is 46.2 Å². The van der Waals surface area contributed by atoms with Crippen LogP contribution in [0.1, 0.15) is 36.2 Å². The molecule has 3 rings (SSSR count). The second-order valence-electron chi connectivity index (χ2n) is 6.67. The quantitative estimate of drug-likeness (QED) is 0.918. The van der Waals surface area contributed by atoms with Crippen LogP contribution in [-0.4, -0.2) is 33.7 Å². The van der Waals surface area contributed by atoms with Crippen LogP contribution < -0.4 is 5.32 Å². The summed E-state index contributed by atoms with van der Waals surface area (Å²) in [4.78, 5) is 14.7. The average molecular weight is 326 g/mol. The van der Waals surface area contributed by atoms with Crippen molar-refractivity contribution in [3.05, 3.63) is 47.3 Å². The van der Waals surface area contributed by atoms with E-state index in [2.05, 4.69) is 27.4 Å². The maximum Gasteiger partial charge on any atom is 0.246 e. The number of carbonyl (C=O) groups is 1. The Morgan fingerprint density at radius 1 is 1.12 bits per heavy atom. The van der Waals surface area contributed by atoms with E-state index < -0.39 is 0 Å². The summed E-state index contributed by atoms with van der Waals surface area (Å²) in [6.07, 6.45) is 3.97. The van der Waals surface area contributed by atoms with Gasteiger partial charge in [-0.2, -0.15) is 5.10 Å². The molecule has 1 N–H and O–H groups in total. The molecule has 1 fully saturated rings. The summed E-state index contributed by atoms with van der Waals surface area (Å²) in [7, 11) is 0. The Bertz CT molecular complexity index is 684. The van der Waals surface area contributed by atoms with Gasteiger partial charge in [0.1, 0.15) is 6.54 Å². The number of carbonyl (C=O) groups excluding carboxylic acids is 1. The Morgan fingerprint density at radius 3 is 2.46 bits per heavy atom. The van der Waals surface area contributed by atoms with Gasteiger partial charge in [-0.3, -0.25) is 14.4 Å². The molecule has 128 valence electrons. The molecule has 24 heavy (non-hydrogen) atoms. The van der Waals surface area contributed by atoms with Crippen molar-refractivity contribution in [1.82, 2.24) is 14.7 Å². The lowest BCUT2D eigenvalue weighted by atomic mass is 10.1. The smallest absolute Gasteiger partial charge is 0.246 e. The summed E-state index contributed by atoms with van der Waals surface area (Å²) in [5.41, 5.74) is 4.07. The fourth-order valence-corrected chi connectivity index (χ4v) is 3.24. The van der Waals surface area contributed by atoms with Crippen molar-refractivity contribution >= 4 is 11.6 Å². The highest BCUT2D eigenvalue weighted by molar-refractivity contribution is 5.90. The minimum absolute atomic E-state index is 0.0509. The Kier molecular flexibility index (Phi) is 5.30. The van der Waals surface area contributed by atoms with Gasteiger partial charge in [0.15, 0.2) is 0 Å². The van der Waals surface area contributed by atoms with E-state index in [1.807, 2.05) is 32.0 Å². The van der Waals surface area contributed by atoms with Gasteiger partial charge in [0, 0.05) is 17.9 Å². The molecule has 2 heterocycles. The number of aryl methyl sites for hydroxylation is 2. The predicted molar refractivity (Wildman–Crippen MR) is 95.9 cm³/mol. The van der Waals surface area contributed by atoms with Gasteiger partial charge in [0.25, 0.3) is 0 Å². The van der Waals surface area contributed by atoms with E-state index in [1.54, 1.807) is 4.68 Å². The monoisotopic (exact) mass is 326 g/mol. The minimum Gasteiger partial charge on any atom is -0.324 e. The molecule has 0 radical (unpaired) electrons. The zero-order valence-electron chi connectivity index (χ0n) is 14.6. The maximum absolute atomic E-state index is 12.2. The van der Waals surface area contributed by atoms with E-state index in [0.717, 1.165) is 23.6 Å². The topological polar surface area (TPSA) is 50.2 Å². The maximum atomic E-state index is 12.2. The Balaban J connectivity index is 1.53. The van der Waals surface area contributed by atoms with Crippen molar-refractivity contribution in [3.63, 3.8) is 0 Å². The lowest BCUT2D eigenvalue weighted by molar-refractivity contribution is -0.116. The largest absolute Gasteiger partial charge is 0.324 e. The molecule has 1 aromatic carbocycles. The van der Waals surface area contributed by atoms with Gasteiger partial charge in [-0.15, -0.1) is 0 Å². The van der Waals surface area contributed by atoms with Gasteiger partial charge in [0.2, 0.25) is 5.91 Å². The number of rotatable bonds is 5. The number of amides is 1. The first-order chi connectivity index (χ1) is 11.6. The number of hydrogen-bond acceptors (Lipinski definition) is 3. The molecular formula is C19H26N4O. The lowest BCUT2D eigenvalue weighted by Crippen LogP contribution is -2.29. The number of nitrogens with one attached hydrogen (secondary N) is 1. The summed E-state index contributed by atoms with van der Waals surface area (Å²) in [5.74, 6) is -0.0509. The van der Waals surface area contributed by atoms with Gasteiger partial charge in [0.05, 0.1) is 5.69 Å². The van der Waals surface area contributed by atoms with Gasteiger partial charge < -0.3 is 5.32 Å². The summed E-state index contributed by atoms with van der Waals surface area (Å²) >= 11 is 0. The van der Waals surface area contributed by atoms with Crippen LogP contribution in [0.3, 0.4) is 0 Å². The third-order valence-electron chi connectivity index (χ3n) is 4.49. The fourth-order valence-electron chi connectivity index (χ4n) is 3.24. The second kappa shape index (κ2) is 7.62. The van der Waals surface area contributed by atoms with Crippen LogP contribution >= 0.6 is 0 Å². The SMILES string of the molecule is Cc1cc(C)n(CC(=O)Nc2ccc(CN3CCCCC3)cc2)n1. The number of hydrogen-bond donors (Lipinski definition) is 1. The van der Waals surface area contributed by atoms with E-state index in [0.29, 0.717) is 0 Å². The number of likely N-dealkylation sites (tertiary alicyclic amines) is 1. The van der Waals surface area contributed by atoms with Crippen LogP contribution in [0, 0.1) is 13.8 Å². The summed E-state index contributed by atoms with van der Waals surface area (Å²) in [5, 5.41) is 7.27. The van der Waals surface area contributed by atoms with Crippen LogP contribution in [0.5, 0.6) is 0 Å². The second-order valence-corrected chi connectivity index (χ2v) is 6.67. The number of nitrogens with zero attached hydrogens (tertiary/aromatic N) is 3. The minimum atomic E-state index is -0.0509. The van der Waals surface area contributed by atoms with Gasteiger partial charge >= 0.3 is 0 Å². The molecule has 1 aliphatic heterocycles. The summed E-state index contributed by atoms with van der Waals surface area (Å²) in [6, 6.07) is 10.2. The van der Waals surface area contributed by atoms with Crippen LogP contribution in [0.4, 0.5) is 5.69 Å². The molecule has 2 aromatic rings. The van der Waals surface area contributed by atoms with Gasteiger partial charge in [-0.1, -0.05) is 18.6 Å². The molecule has 1 amide bonds. The van der Waals surface area contributed by atoms with Crippen molar-refractivity contribution in [1.29, 1.82) is 0 Å². The number of piperidine rings is 1. The highest BCUT2D eigenvalue weighted by atomic mass is 16.2. The Hall–Kier alpha value is -2.14. The highest BCUT2D eigenvalue weighted by Gasteiger charge is 2.11. The first-order valence-corrected chi connectivity index (χ1v) is 8.72. The van der Waals surface area contributed by atoms with Crippen LogP contribution in [0.25, 0.3) is 0 Å². The van der Waals surface area contributed by atoms with Crippen molar-refractivity contribution in [2.24, 2.45) is 0 Å². The molecule has 5 nitrogen and oxygen atoms in total. The third kappa shape index (κ3) is 4.45. The Labute approximate surface area is 143 Å². The molecule has 0 bridgehead atoms. The van der Waals surface area contributed by atoms with Crippen molar-refractivity contribution in [2.75, 3.05) is 18.4 Å². The van der Waals surface area contributed by atoms with Gasteiger partial charge in [-0.05, 0) is 63.5 Å². The molecule has 1 aliphatic rings. The van der Waals surface area contributed by atoms with E-state index >= 15 is 0 Å². The normalized spacial score (nSPS) is 15.4. The van der Waals surface area contributed by atoms with E-state index in [4.69, 9.17) is 0 Å². The average Bonchev–Trinajstić information content (AvgIpc) is 2.87. The zero-order chi connectivity index (χ0) is 16.9. The molecule has 0 aliphatic carbocycles. The van der Waals surface area contributed by atoms with E-state index in [9.17, 15) is 4.79 Å². The lowest BCUT2D eigenvalue weighted by Gasteiger charge is -2.26. The molecule has 1 aromatic heterocycles. The first-order valence-electron chi connectivity index (χ1n) is 8.72. The zero-order valence-corrected chi connectivity index (χ0v) is 14.6. The van der Waals surface area contributed by atoms with Crippen LogP contribution in [0.2, 0.25) is 0 Å². The molecule has 0 unspecified atom stereocenters. The predicted octanol–water partition coefficient (Wildman–Crippen LogP) is 3.12. The Morgan fingerprint density at radius 2 is 1.83 bits per heavy atom. The van der Waals surface area contributed by atoms with Gasteiger partial charge in [-0.25, -0.2) is 0 Å². The number of benzene rings is 1. The summed E-state index contributed by atoms with van der Waals surface area (Å²) in [6.45, 7) is 7.53. The highest BCUT2D eigenvalue weighted by Crippen LogP contribution is 2.15. The standard InChI is InChI=1S/C19H26N4O/c1-15-12-16(2)23(21-15)14-19(24)20-18-8-6-17(7-9-18)13-22-10-4-3-5-11-22/h6-9,12H,3-5,10-11,13-14H2,1-2H3,(H,20,24). The van der Waals surface area contributed by atoms with E-state index in [-0.39, 0.29) is 12.5 Å². The summed E-state index contributed by atoms with van der Waals surface area (Å²) < 4.78 is 1.73. The molecule has 0 spiro atoms. The van der Waals surface area contributed by atoms with Crippen LogP contribution in [-0.2, 0) is 17.9 Å².